The van der Waals surface area contributed by atoms with Crippen molar-refractivity contribution < 1.29 is 4.79 Å². The fraction of sp³-hybridized carbons (Fsp3) is 0.971. The average Bonchev–Trinajstić information content (AvgIpc) is 2.84. The van der Waals surface area contributed by atoms with Crippen molar-refractivity contribution in [2.75, 3.05) is 0 Å². The lowest BCUT2D eigenvalue weighted by atomic mass is 10.0. The van der Waals surface area contributed by atoms with Gasteiger partial charge in [0.15, 0.2) is 0 Å². The maximum Gasteiger partial charge on any atom is 0.132 e. The molecule has 210 valence electrons. The first kappa shape index (κ1) is 34.7. The minimum atomic E-state index is 0.525. The van der Waals surface area contributed by atoms with E-state index in [1.807, 2.05) is 0 Å². The number of unbranched alkanes of at least 4 members (excludes halogenated alkanes) is 24. The summed E-state index contributed by atoms with van der Waals surface area (Å²) < 4.78 is 0. The normalized spacial score (nSPS) is 11.5. The van der Waals surface area contributed by atoms with E-state index in [2.05, 4.69) is 20.8 Å². The smallest absolute Gasteiger partial charge is 0.132 e. The Balaban J connectivity index is 3.15. The Bertz CT molecular complexity index is 399. The largest absolute Gasteiger partial charge is 0.300 e. The van der Waals surface area contributed by atoms with Crippen LogP contribution in [0.4, 0.5) is 0 Å². The van der Waals surface area contributed by atoms with Crippen LogP contribution in [-0.2, 0) is 4.79 Å². The summed E-state index contributed by atoms with van der Waals surface area (Å²) in [6.07, 6.45) is 39.0. The highest BCUT2D eigenvalue weighted by molar-refractivity contribution is 5.78. The lowest BCUT2D eigenvalue weighted by molar-refractivity contribution is -0.119. The second-order valence-corrected chi connectivity index (χ2v) is 12.1. The lowest BCUT2D eigenvalue weighted by Crippen LogP contribution is -1.97. The standard InChI is InChI=1S/C34H68O/c1-4-5-6-7-8-9-10-11-12-13-16-19-22-25-28-31-34(35)32-29-26-23-20-17-14-15-18-21-24-27-30-33(2)3/h33H,4-32H2,1-3H3. The summed E-state index contributed by atoms with van der Waals surface area (Å²) in [5, 5.41) is 0. The van der Waals surface area contributed by atoms with Crippen molar-refractivity contribution >= 4 is 5.78 Å². The highest BCUT2D eigenvalue weighted by Gasteiger charge is 2.02. The second-order valence-electron chi connectivity index (χ2n) is 12.1. The topological polar surface area (TPSA) is 17.1 Å². The highest BCUT2D eigenvalue weighted by Crippen LogP contribution is 2.16. The molecule has 0 unspecified atom stereocenters. The molecule has 0 aromatic heterocycles. The molecule has 0 spiro atoms. The van der Waals surface area contributed by atoms with Crippen LogP contribution in [0.5, 0.6) is 0 Å². The molecular weight excluding hydrogens is 424 g/mol. The molecule has 0 amide bonds. The van der Waals surface area contributed by atoms with Gasteiger partial charge >= 0.3 is 0 Å². The number of ketones is 1. The monoisotopic (exact) mass is 493 g/mol. The maximum atomic E-state index is 12.1. The zero-order valence-electron chi connectivity index (χ0n) is 25.0. The quantitative estimate of drug-likeness (QED) is 0.0911. The molecule has 0 aliphatic heterocycles. The van der Waals surface area contributed by atoms with E-state index in [4.69, 9.17) is 0 Å². The molecule has 0 atom stereocenters. The van der Waals surface area contributed by atoms with Gasteiger partial charge in [-0.05, 0) is 18.8 Å². The molecule has 1 nitrogen and oxygen atoms in total. The van der Waals surface area contributed by atoms with E-state index in [-0.39, 0.29) is 0 Å². The predicted molar refractivity (Wildman–Crippen MR) is 159 cm³/mol. The van der Waals surface area contributed by atoms with Crippen LogP contribution in [0.25, 0.3) is 0 Å². The second kappa shape index (κ2) is 29.9. The molecule has 0 aromatic rings. The number of carbonyl (C=O) groups is 1. The van der Waals surface area contributed by atoms with Crippen LogP contribution in [-0.4, -0.2) is 5.78 Å². The lowest BCUT2D eigenvalue weighted by Gasteiger charge is -2.05. The molecule has 1 heteroatoms. The van der Waals surface area contributed by atoms with Crippen molar-refractivity contribution in [3.63, 3.8) is 0 Å². The van der Waals surface area contributed by atoms with Gasteiger partial charge in [0.1, 0.15) is 5.78 Å². The first-order valence-electron chi connectivity index (χ1n) is 16.7. The molecule has 0 aromatic carbocycles. The van der Waals surface area contributed by atoms with Crippen LogP contribution in [0.1, 0.15) is 207 Å². The summed E-state index contributed by atoms with van der Waals surface area (Å²) in [4.78, 5) is 12.1. The number of carbonyl (C=O) groups excluding carboxylic acids is 1. The molecule has 0 bridgehead atoms. The molecule has 35 heavy (non-hydrogen) atoms. The van der Waals surface area contributed by atoms with E-state index < -0.39 is 0 Å². The molecular formula is C34H68O. The maximum absolute atomic E-state index is 12.1. The van der Waals surface area contributed by atoms with Crippen molar-refractivity contribution in [3.8, 4) is 0 Å². The molecule has 0 N–H and O–H groups in total. The van der Waals surface area contributed by atoms with E-state index >= 15 is 0 Å². The fourth-order valence-corrected chi connectivity index (χ4v) is 5.28. The summed E-state index contributed by atoms with van der Waals surface area (Å²) >= 11 is 0. The Labute approximate surface area is 223 Å². The van der Waals surface area contributed by atoms with Gasteiger partial charge in [0.2, 0.25) is 0 Å². The van der Waals surface area contributed by atoms with E-state index in [0.717, 1.165) is 31.6 Å². The summed E-state index contributed by atoms with van der Waals surface area (Å²) in [6.45, 7) is 6.95. The molecule has 0 fully saturated rings. The van der Waals surface area contributed by atoms with Crippen molar-refractivity contribution in [1.29, 1.82) is 0 Å². The van der Waals surface area contributed by atoms with E-state index in [1.165, 1.54) is 161 Å². The van der Waals surface area contributed by atoms with Crippen LogP contribution < -0.4 is 0 Å². The third-order valence-electron chi connectivity index (χ3n) is 7.80. The van der Waals surface area contributed by atoms with E-state index in [9.17, 15) is 4.79 Å². The van der Waals surface area contributed by atoms with Gasteiger partial charge in [0.25, 0.3) is 0 Å². The van der Waals surface area contributed by atoms with Crippen LogP contribution in [0.3, 0.4) is 0 Å². The van der Waals surface area contributed by atoms with Gasteiger partial charge < -0.3 is 0 Å². The summed E-state index contributed by atoms with van der Waals surface area (Å²) in [5.41, 5.74) is 0. The molecule has 0 rings (SSSR count). The van der Waals surface area contributed by atoms with Crippen molar-refractivity contribution in [3.05, 3.63) is 0 Å². The van der Waals surface area contributed by atoms with Crippen LogP contribution >= 0.6 is 0 Å². The average molecular weight is 493 g/mol. The Kier molecular flexibility index (Phi) is 29.6. The van der Waals surface area contributed by atoms with E-state index in [1.54, 1.807) is 0 Å². The van der Waals surface area contributed by atoms with Gasteiger partial charge in [0.05, 0.1) is 0 Å². The molecule has 0 saturated heterocycles. The van der Waals surface area contributed by atoms with Gasteiger partial charge in [-0.25, -0.2) is 0 Å². The number of hydrogen-bond acceptors (Lipinski definition) is 1. The molecule has 0 saturated carbocycles. The van der Waals surface area contributed by atoms with Gasteiger partial charge in [-0.15, -0.1) is 0 Å². The number of Topliss-reactive ketones (excluding diaryl/α,β-unsaturated/α-hetero) is 1. The summed E-state index contributed by atoms with van der Waals surface area (Å²) in [7, 11) is 0. The van der Waals surface area contributed by atoms with Crippen LogP contribution in [0.15, 0.2) is 0 Å². The molecule has 0 aliphatic rings. The zero-order valence-corrected chi connectivity index (χ0v) is 25.0. The zero-order chi connectivity index (χ0) is 25.7. The third-order valence-corrected chi connectivity index (χ3v) is 7.80. The van der Waals surface area contributed by atoms with Crippen molar-refractivity contribution in [2.24, 2.45) is 5.92 Å². The van der Waals surface area contributed by atoms with E-state index in [0.29, 0.717) is 5.78 Å². The minimum absolute atomic E-state index is 0.525. The highest BCUT2D eigenvalue weighted by atomic mass is 16.1. The number of hydrogen-bond donors (Lipinski definition) is 0. The first-order chi connectivity index (χ1) is 17.2. The van der Waals surface area contributed by atoms with Crippen molar-refractivity contribution in [2.45, 2.75) is 207 Å². The van der Waals surface area contributed by atoms with Gasteiger partial charge in [-0.1, -0.05) is 181 Å². The Morgan fingerprint density at radius 2 is 0.657 bits per heavy atom. The molecule has 0 aliphatic carbocycles. The summed E-state index contributed by atoms with van der Waals surface area (Å²) in [5.74, 6) is 1.40. The van der Waals surface area contributed by atoms with Gasteiger partial charge in [-0.3, -0.25) is 4.79 Å². The molecule has 0 heterocycles. The van der Waals surface area contributed by atoms with Crippen molar-refractivity contribution in [1.82, 2.24) is 0 Å². The van der Waals surface area contributed by atoms with Gasteiger partial charge in [-0.2, -0.15) is 0 Å². The first-order valence-corrected chi connectivity index (χ1v) is 16.7. The third kappa shape index (κ3) is 31.6. The summed E-state index contributed by atoms with van der Waals surface area (Å²) in [6, 6.07) is 0. The SMILES string of the molecule is CCCCCCCCCCCCCCCCCC(=O)CCCCCCCCCCCCCC(C)C. The minimum Gasteiger partial charge on any atom is -0.300 e. The van der Waals surface area contributed by atoms with Crippen LogP contribution in [0.2, 0.25) is 0 Å². The Morgan fingerprint density at radius 1 is 0.400 bits per heavy atom. The Morgan fingerprint density at radius 3 is 0.943 bits per heavy atom. The Hall–Kier alpha value is -0.330. The van der Waals surface area contributed by atoms with Gasteiger partial charge in [0, 0.05) is 12.8 Å². The molecule has 0 radical (unpaired) electrons. The number of rotatable bonds is 30. The van der Waals surface area contributed by atoms with Crippen LogP contribution in [0, 0.1) is 5.92 Å². The predicted octanol–water partition coefficient (Wildman–Crippen LogP) is 12.5. The fourth-order valence-electron chi connectivity index (χ4n) is 5.28.